The molecule has 1 amide bonds. The topological polar surface area (TPSA) is 79.3 Å². The molecule has 0 atom stereocenters. The van der Waals surface area contributed by atoms with E-state index in [2.05, 4.69) is 10.3 Å². The molecule has 0 radical (unpaired) electrons. The van der Waals surface area contributed by atoms with Crippen LogP contribution in [-0.2, 0) is 4.79 Å². The van der Waals surface area contributed by atoms with Crippen LogP contribution in [0.25, 0.3) is 10.9 Å². The van der Waals surface area contributed by atoms with E-state index in [-0.39, 0.29) is 5.91 Å². The van der Waals surface area contributed by atoms with Crippen LogP contribution in [0.3, 0.4) is 0 Å². The third kappa shape index (κ3) is 2.46. The first-order valence-corrected chi connectivity index (χ1v) is 7.96. The van der Waals surface area contributed by atoms with E-state index < -0.39 is 11.5 Å². The van der Waals surface area contributed by atoms with Gasteiger partial charge in [-0.05, 0) is 50.8 Å². The molecule has 2 aliphatic carbocycles. The number of nitrogens with one attached hydrogen (secondary N) is 1. The maximum absolute atomic E-state index is 12.7. The molecule has 23 heavy (non-hydrogen) atoms. The van der Waals surface area contributed by atoms with Crippen molar-refractivity contribution in [3.63, 3.8) is 0 Å². The quantitative estimate of drug-likeness (QED) is 0.910. The molecule has 0 unspecified atom stereocenters. The van der Waals surface area contributed by atoms with E-state index in [0.717, 1.165) is 35.0 Å². The molecule has 1 heterocycles. The number of aromatic nitrogens is 1. The molecule has 0 bridgehead atoms. The highest BCUT2D eigenvalue weighted by molar-refractivity contribution is 6.08. The van der Waals surface area contributed by atoms with E-state index in [1.54, 1.807) is 0 Å². The van der Waals surface area contributed by atoms with Gasteiger partial charge in [0.25, 0.3) is 5.91 Å². The Morgan fingerprint density at radius 2 is 2.00 bits per heavy atom. The lowest BCUT2D eigenvalue weighted by atomic mass is 10.0. The van der Waals surface area contributed by atoms with Crippen molar-refractivity contribution in [1.82, 2.24) is 10.3 Å². The predicted molar refractivity (Wildman–Crippen MR) is 85.5 cm³/mol. The number of nitrogens with zero attached hydrogens (tertiary/aromatic N) is 1. The number of benzene rings is 1. The van der Waals surface area contributed by atoms with E-state index >= 15 is 0 Å². The van der Waals surface area contributed by atoms with Crippen molar-refractivity contribution in [2.24, 2.45) is 0 Å². The van der Waals surface area contributed by atoms with Gasteiger partial charge in [-0.2, -0.15) is 0 Å². The van der Waals surface area contributed by atoms with Crippen molar-refractivity contribution in [3.8, 4) is 0 Å². The van der Waals surface area contributed by atoms with Crippen molar-refractivity contribution in [2.45, 2.75) is 44.1 Å². The fourth-order valence-corrected chi connectivity index (χ4v) is 2.94. The molecule has 5 nitrogen and oxygen atoms in total. The molecule has 2 N–H and O–H groups in total. The van der Waals surface area contributed by atoms with Crippen LogP contribution in [0.4, 0.5) is 0 Å². The average molecular weight is 310 g/mol. The highest BCUT2D eigenvalue weighted by Crippen LogP contribution is 2.41. The smallest absolute Gasteiger partial charge is 0.329 e. The molecule has 2 aliphatic rings. The normalized spacial score (nSPS) is 18.7. The Balaban J connectivity index is 1.79. The summed E-state index contributed by atoms with van der Waals surface area (Å²) in [7, 11) is 0. The summed E-state index contributed by atoms with van der Waals surface area (Å²) in [6.07, 6.45) is 3.19. The van der Waals surface area contributed by atoms with Crippen LogP contribution in [0.1, 0.15) is 53.2 Å². The maximum atomic E-state index is 12.7. The molecule has 2 fully saturated rings. The summed E-state index contributed by atoms with van der Waals surface area (Å²) in [6, 6.07) is 7.69. The SMILES string of the molecule is Cc1ccc2nc(C3CC3)cc(C(=O)NC3(C(=O)O)CC3)c2c1. The minimum Gasteiger partial charge on any atom is -0.480 e. The van der Waals surface area contributed by atoms with E-state index in [9.17, 15) is 14.7 Å². The van der Waals surface area contributed by atoms with Crippen LogP contribution in [0.5, 0.6) is 0 Å². The van der Waals surface area contributed by atoms with Crippen molar-refractivity contribution in [2.75, 3.05) is 0 Å². The summed E-state index contributed by atoms with van der Waals surface area (Å²) in [4.78, 5) is 28.7. The number of hydrogen-bond donors (Lipinski definition) is 2. The van der Waals surface area contributed by atoms with Gasteiger partial charge in [0, 0.05) is 17.0 Å². The number of carboxylic acid groups (broad SMARTS) is 1. The molecule has 118 valence electrons. The monoisotopic (exact) mass is 310 g/mol. The van der Waals surface area contributed by atoms with Crippen LogP contribution in [0.2, 0.25) is 0 Å². The summed E-state index contributed by atoms with van der Waals surface area (Å²) in [6.45, 7) is 1.97. The maximum Gasteiger partial charge on any atom is 0.329 e. The van der Waals surface area contributed by atoms with Gasteiger partial charge in [-0.3, -0.25) is 9.78 Å². The van der Waals surface area contributed by atoms with E-state index in [4.69, 9.17) is 0 Å². The molecule has 1 aromatic carbocycles. The molecule has 0 saturated heterocycles. The first-order valence-electron chi connectivity index (χ1n) is 7.96. The fraction of sp³-hybridized carbons (Fsp3) is 0.389. The van der Waals surface area contributed by atoms with Crippen molar-refractivity contribution < 1.29 is 14.7 Å². The third-order valence-corrected chi connectivity index (χ3v) is 4.74. The Morgan fingerprint density at radius 1 is 1.26 bits per heavy atom. The Morgan fingerprint density at radius 3 is 2.61 bits per heavy atom. The number of pyridine rings is 1. The third-order valence-electron chi connectivity index (χ3n) is 4.74. The number of fused-ring (bicyclic) bond motifs is 1. The van der Waals surface area contributed by atoms with Crippen LogP contribution >= 0.6 is 0 Å². The molecule has 2 saturated carbocycles. The van der Waals surface area contributed by atoms with Gasteiger partial charge < -0.3 is 10.4 Å². The predicted octanol–water partition coefficient (Wildman–Crippen LogP) is 2.77. The summed E-state index contributed by atoms with van der Waals surface area (Å²) in [5.74, 6) is -0.839. The standard InChI is InChI=1S/C18H18N2O3/c1-10-2-5-14-12(8-10)13(9-15(19-14)11-3-4-11)16(21)20-18(6-7-18)17(22)23/h2,5,8-9,11H,3-4,6-7H2,1H3,(H,20,21)(H,22,23). The van der Waals surface area contributed by atoms with Crippen molar-refractivity contribution >= 4 is 22.8 Å². The van der Waals surface area contributed by atoms with Gasteiger partial charge >= 0.3 is 5.97 Å². The second-order valence-electron chi connectivity index (χ2n) is 6.73. The largest absolute Gasteiger partial charge is 0.480 e. The first-order chi connectivity index (χ1) is 11.0. The Hall–Kier alpha value is -2.43. The minimum atomic E-state index is -1.07. The Bertz CT molecular complexity index is 836. The number of carbonyl (C=O) groups is 2. The van der Waals surface area contributed by atoms with E-state index in [1.807, 2.05) is 31.2 Å². The van der Waals surface area contributed by atoms with Gasteiger partial charge in [0.15, 0.2) is 0 Å². The van der Waals surface area contributed by atoms with Gasteiger partial charge in [0.2, 0.25) is 0 Å². The van der Waals surface area contributed by atoms with E-state index in [0.29, 0.717) is 24.3 Å². The number of aryl methyl sites for hydroxylation is 1. The zero-order chi connectivity index (χ0) is 16.2. The minimum absolute atomic E-state index is 0.315. The highest BCUT2D eigenvalue weighted by atomic mass is 16.4. The lowest BCUT2D eigenvalue weighted by Crippen LogP contribution is -2.43. The molecule has 5 heteroatoms. The molecular weight excluding hydrogens is 292 g/mol. The number of hydrogen-bond acceptors (Lipinski definition) is 3. The van der Waals surface area contributed by atoms with Crippen molar-refractivity contribution in [1.29, 1.82) is 0 Å². The number of rotatable bonds is 4. The number of carbonyl (C=O) groups excluding carboxylic acids is 1. The van der Waals surface area contributed by atoms with Gasteiger partial charge in [0.05, 0.1) is 11.1 Å². The second-order valence-corrected chi connectivity index (χ2v) is 6.73. The molecule has 0 spiro atoms. The first kappa shape index (κ1) is 14.2. The lowest BCUT2D eigenvalue weighted by molar-refractivity contribution is -0.140. The van der Waals surface area contributed by atoms with Crippen LogP contribution in [0.15, 0.2) is 24.3 Å². The summed E-state index contributed by atoms with van der Waals surface area (Å²) in [5.41, 5.74) is 2.24. The van der Waals surface area contributed by atoms with Crippen molar-refractivity contribution in [3.05, 3.63) is 41.1 Å². The van der Waals surface area contributed by atoms with Crippen LogP contribution in [-0.4, -0.2) is 27.5 Å². The van der Waals surface area contributed by atoms with Gasteiger partial charge in [-0.1, -0.05) is 11.6 Å². The Labute approximate surface area is 133 Å². The average Bonchev–Trinajstić information content (AvgIpc) is 3.39. The Kier molecular flexibility index (Phi) is 2.95. The van der Waals surface area contributed by atoms with Gasteiger partial charge in [-0.15, -0.1) is 0 Å². The summed E-state index contributed by atoms with van der Waals surface area (Å²) in [5, 5.41) is 12.8. The molecular formula is C18H18N2O3. The zero-order valence-electron chi connectivity index (χ0n) is 12.9. The lowest BCUT2D eigenvalue weighted by Gasteiger charge is -2.15. The highest BCUT2D eigenvalue weighted by Gasteiger charge is 2.51. The summed E-state index contributed by atoms with van der Waals surface area (Å²) < 4.78 is 0. The molecule has 1 aromatic heterocycles. The number of aliphatic carboxylic acids is 1. The van der Waals surface area contributed by atoms with Gasteiger partial charge in [-0.25, -0.2) is 4.79 Å². The number of carboxylic acids is 1. The molecule has 2 aromatic rings. The van der Waals surface area contributed by atoms with E-state index in [1.165, 1.54) is 0 Å². The van der Waals surface area contributed by atoms with Crippen LogP contribution in [0, 0.1) is 6.92 Å². The summed E-state index contributed by atoms with van der Waals surface area (Å²) >= 11 is 0. The van der Waals surface area contributed by atoms with Gasteiger partial charge in [0.1, 0.15) is 5.54 Å². The number of amides is 1. The second kappa shape index (κ2) is 4.78. The fourth-order valence-electron chi connectivity index (χ4n) is 2.94. The molecule has 4 rings (SSSR count). The molecule has 0 aliphatic heterocycles. The van der Waals surface area contributed by atoms with Crippen LogP contribution < -0.4 is 5.32 Å². The zero-order valence-corrected chi connectivity index (χ0v) is 12.9.